The van der Waals surface area contributed by atoms with Crippen molar-refractivity contribution in [2.75, 3.05) is 24.5 Å². The van der Waals surface area contributed by atoms with Gasteiger partial charge >= 0.3 is 0 Å². The minimum absolute atomic E-state index is 0.0481. The molecule has 0 aromatic heterocycles. The third-order valence-corrected chi connectivity index (χ3v) is 3.17. The van der Waals surface area contributed by atoms with Crippen LogP contribution >= 0.6 is 0 Å². The topological polar surface area (TPSA) is 53.0 Å². The highest BCUT2D eigenvalue weighted by Gasteiger charge is 2.21. The van der Waals surface area contributed by atoms with Gasteiger partial charge in [-0.25, -0.2) is 0 Å². The van der Waals surface area contributed by atoms with Crippen molar-refractivity contribution in [3.8, 4) is 6.07 Å². The molecule has 0 aliphatic rings. The Balaban J connectivity index is 3.09. The molecule has 0 aliphatic carbocycles. The van der Waals surface area contributed by atoms with Crippen molar-refractivity contribution in [2.45, 2.75) is 27.7 Å². The average molecular weight is 245 g/mol. The van der Waals surface area contributed by atoms with E-state index in [-0.39, 0.29) is 5.41 Å². The van der Waals surface area contributed by atoms with E-state index in [2.05, 4.69) is 37.8 Å². The smallest absolute Gasteiger partial charge is 0.101 e. The van der Waals surface area contributed by atoms with Crippen molar-refractivity contribution < 1.29 is 0 Å². The molecule has 0 amide bonds. The molecule has 1 aromatic carbocycles. The Morgan fingerprint density at radius 1 is 1.39 bits per heavy atom. The highest BCUT2D eigenvalue weighted by Crippen LogP contribution is 2.25. The minimum atomic E-state index is 0.0481. The van der Waals surface area contributed by atoms with Crippen molar-refractivity contribution in [1.82, 2.24) is 0 Å². The van der Waals surface area contributed by atoms with Crippen LogP contribution in [0.3, 0.4) is 0 Å². The largest absolute Gasteiger partial charge is 0.370 e. The van der Waals surface area contributed by atoms with Crippen LogP contribution in [0, 0.1) is 23.7 Å². The van der Waals surface area contributed by atoms with Gasteiger partial charge in [-0.1, -0.05) is 19.9 Å². The lowest BCUT2D eigenvalue weighted by molar-refractivity contribution is 0.379. The van der Waals surface area contributed by atoms with E-state index in [4.69, 9.17) is 5.73 Å². The third kappa shape index (κ3) is 3.48. The van der Waals surface area contributed by atoms with Crippen LogP contribution in [0.1, 0.15) is 31.9 Å². The molecule has 0 radical (unpaired) electrons. The predicted molar refractivity (Wildman–Crippen MR) is 76.6 cm³/mol. The van der Waals surface area contributed by atoms with E-state index in [0.717, 1.165) is 24.3 Å². The first-order valence-corrected chi connectivity index (χ1v) is 6.39. The fourth-order valence-corrected chi connectivity index (χ4v) is 1.95. The van der Waals surface area contributed by atoms with Gasteiger partial charge in [0.25, 0.3) is 0 Å². The minimum Gasteiger partial charge on any atom is -0.370 e. The SMILES string of the molecule is CCN(CC(C)(C)CN)c1cc(C)ccc1C#N. The van der Waals surface area contributed by atoms with E-state index in [0.29, 0.717) is 6.54 Å². The molecule has 3 heteroatoms. The zero-order valence-electron chi connectivity index (χ0n) is 11.8. The number of hydrogen-bond acceptors (Lipinski definition) is 3. The van der Waals surface area contributed by atoms with Crippen LogP contribution in [0.4, 0.5) is 5.69 Å². The van der Waals surface area contributed by atoms with Crippen molar-refractivity contribution in [1.29, 1.82) is 5.26 Å². The van der Waals surface area contributed by atoms with Gasteiger partial charge < -0.3 is 10.6 Å². The Labute approximate surface area is 110 Å². The first kappa shape index (κ1) is 14.5. The molecule has 18 heavy (non-hydrogen) atoms. The molecule has 0 aliphatic heterocycles. The summed E-state index contributed by atoms with van der Waals surface area (Å²) in [7, 11) is 0. The average Bonchev–Trinajstić information content (AvgIpc) is 2.36. The number of nitriles is 1. The van der Waals surface area contributed by atoms with Crippen LogP contribution in [0.15, 0.2) is 18.2 Å². The number of benzene rings is 1. The molecule has 2 N–H and O–H groups in total. The molecule has 0 heterocycles. The summed E-state index contributed by atoms with van der Waals surface area (Å²) in [5.41, 5.74) is 8.77. The van der Waals surface area contributed by atoms with Crippen LogP contribution in [-0.4, -0.2) is 19.6 Å². The number of hydrogen-bond donors (Lipinski definition) is 1. The van der Waals surface area contributed by atoms with Gasteiger partial charge in [-0.05, 0) is 43.5 Å². The van der Waals surface area contributed by atoms with Crippen molar-refractivity contribution in [2.24, 2.45) is 11.1 Å². The number of nitrogens with two attached hydrogens (primary N) is 1. The maximum Gasteiger partial charge on any atom is 0.101 e. The van der Waals surface area contributed by atoms with Gasteiger partial charge in [-0.15, -0.1) is 0 Å². The Bertz CT molecular complexity index is 444. The standard InChI is InChI=1S/C15H23N3/c1-5-18(11-15(3,4)10-17)14-8-12(2)6-7-13(14)9-16/h6-8H,5,10-11,17H2,1-4H3. The second kappa shape index (κ2) is 5.88. The molecule has 0 fully saturated rings. The molecule has 0 saturated carbocycles. The number of anilines is 1. The van der Waals surface area contributed by atoms with Gasteiger partial charge in [-0.2, -0.15) is 5.26 Å². The number of rotatable bonds is 5. The van der Waals surface area contributed by atoms with Crippen molar-refractivity contribution in [3.63, 3.8) is 0 Å². The summed E-state index contributed by atoms with van der Waals surface area (Å²) in [4.78, 5) is 2.23. The summed E-state index contributed by atoms with van der Waals surface area (Å²) >= 11 is 0. The summed E-state index contributed by atoms with van der Waals surface area (Å²) in [6.07, 6.45) is 0. The summed E-state index contributed by atoms with van der Waals surface area (Å²) in [5.74, 6) is 0. The first-order valence-electron chi connectivity index (χ1n) is 6.39. The van der Waals surface area contributed by atoms with Crippen LogP contribution in [0.5, 0.6) is 0 Å². The lowest BCUT2D eigenvalue weighted by Gasteiger charge is -2.33. The zero-order valence-corrected chi connectivity index (χ0v) is 11.8. The van der Waals surface area contributed by atoms with E-state index >= 15 is 0 Å². The van der Waals surface area contributed by atoms with E-state index < -0.39 is 0 Å². The molecule has 1 aromatic rings. The van der Waals surface area contributed by atoms with Crippen LogP contribution < -0.4 is 10.6 Å². The maximum atomic E-state index is 9.21. The van der Waals surface area contributed by atoms with E-state index in [9.17, 15) is 5.26 Å². The lowest BCUT2D eigenvalue weighted by Crippen LogP contribution is -2.39. The molecular weight excluding hydrogens is 222 g/mol. The first-order chi connectivity index (χ1) is 8.43. The molecule has 1 rings (SSSR count). The Kier molecular flexibility index (Phi) is 4.75. The second-order valence-electron chi connectivity index (χ2n) is 5.51. The molecular formula is C15H23N3. The Hall–Kier alpha value is -1.53. The number of aryl methyl sites for hydroxylation is 1. The fraction of sp³-hybridized carbons (Fsp3) is 0.533. The quantitative estimate of drug-likeness (QED) is 0.867. The van der Waals surface area contributed by atoms with Gasteiger partial charge in [0.05, 0.1) is 11.3 Å². The normalized spacial score (nSPS) is 11.1. The summed E-state index contributed by atoms with van der Waals surface area (Å²) < 4.78 is 0. The maximum absolute atomic E-state index is 9.21. The van der Waals surface area contributed by atoms with Gasteiger partial charge in [-0.3, -0.25) is 0 Å². The third-order valence-electron chi connectivity index (χ3n) is 3.17. The van der Waals surface area contributed by atoms with Gasteiger partial charge in [0.15, 0.2) is 0 Å². The summed E-state index contributed by atoms with van der Waals surface area (Å²) in [6, 6.07) is 8.21. The second-order valence-corrected chi connectivity index (χ2v) is 5.51. The van der Waals surface area contributed by atoms with Crippen molar-refractivity contribution >= 4 is 5.69 Å². The Morgan fingerprint density at radius 3 is 2.56 bits per heavy atom. The van der Waals surface area contributed by atoms with Crippen LogP contribution in [0.25, 0.3) is 0 Å². The summed E-state index contributed by atoms with van der Waals surface area (Å²) in [5, 5.41) is 9.21. The molecule has 3 nitrogen and oxygen atoms in total. The molecule has 0 atom stereocenters. The van der Waals surface area contributed by atoms with E-state index in [1.54, 1.807) is 0 Å². The summed E-state index contributed by atoms with van der Waals surface area (Å²) in [6.45, 7) is 10.8. The van der Waals surface area contributed by atoms with Crippen LogP contribution in [0.2, 0.25) is 0 Å². The highest BCUT2D eigenvalue weighted by atomic mass is 15.1. The molecule has 0 unspecified atom stereocenters. The van der Waals surface area contributed by atoms with Gasteiger partial charge in [0.2, 0.25) is 0 Å². The van der Waals surface area contributed by atoms with E-state index in [1.807, 2.05) is 19.1 Å². The molecule has 0 spiro atoms. The monoisotopic (exact) mass is 245 g/mol. The van der Waals surface area contributed by atoms with Gasteiger partial charge in [0, 0.05) is 13.1 Å². The predicted octanol–water partition coefficient (Wildman–Crippen LogP) is 2.68. The number of nitrogens with zero attached hydrogens (tertiary/aromatic N) is 2. The highest BCUT2D eigenvalue weighted by molar-refractivity contribution is 5.60. The van der Waals surface area contributed by atoms with E-state index in [1.165, 1.54) is 5.56 Å². The lowest BCUT2D eigenvalue weighted by atomic mass is 9.92. The fourth-order valence-electron chi connectivity index (χ4n) is 1.95. The Morgan fingerprint density at radius 2 is 2.06 bits per heavy atom. The van der Waals surface area contributed by atoms with Crippen molar-refractivity contribution in [3.05, 3.63) is 29.3 Å². The molecule has 0 saturated heterocycles. The zero-order chi connectivity index (χ0) is 13.8. The molecule has 98 valence electrons. The van der Waals surface area contributed by atoms with Gasteiger partial charge in [0.1, 0.15) is 6.07 Å². The molecule has 0 bridgehead atoms. The van der Waals surface area contributed by atoms with Crippen LogP contribution in [-0.2, 0) is 0 Å².